The van der Waals surface area contributed by atoms with Crippen LogP contribution in [-0.2, 0) is 0 Å². The van der Waals surface area contributed by atoms with Gasteiger partial charge < -0.3 is 4.74 Å². The summed E-state index contributed by atoms with van der Waals surface area (Å²) in [4.78, 5) is 2.59. The highest BCUT2D eigenvalue weighted by Crippen LogP contribution is 2.32. The van der Waals surface area contributed by atoms with E-state index >= 15 is 0 Å². The Morgan fingerprint density at radius 3 is 2.14 bits per heavy atom. The monoisotopic (exact) mass is 376 g/mol. The minimum Gasteiger partial charge on any atom is -0.492 e. The lowest BCUT2D eigenvalue weighted by molar-refractivity contribution is 0.138. The summed E-state index contributed by atoms with van der Waals surface area (Å²) < 4.78 is 6.00. The standard InChI is InChI=1S/C26H34NO/c1-3-7-22(8-4-1)21-23-15-17-27(18-16-23)19-20-28-26-13-11-25(12-14-26)24-9-5-2-6-10-24/h5-6,9-14,22-23H,1,3-4,7-8,15-21H2. The predicted octanol–water partition coefficient (Wildman–Crippen LogP) is 6.21. The maximum Gasteiger partial charge on any atom is 0.119 e. The molecular weight excluding hydrogens is 342 g/mol. The summed E-state index contributed by atoms with van der Waals surface area (Å²) in [7, 11) is 0. The number of likely N-dealkylation sites (tertiary alicyclic amines) is 1. The molecule has 0 bridgehead atoms. The lowest BCUT2D eigenvalue weighted by Crippen LogP contribution is -2.37. The summed E-state index contributed by atoms with van der Waals surface area (Å²) in [5, 5.41) is 0. The molecule has 2 aromatic rings. The molecule has 1 saturated carbocycles. The Morgan fingerprint density at radius 1 is 0.786 bits per heavy atom. The van der Waals surface area contributed by atoms with Crippen molar-refractivity contribution in [2.75, 3.05) is 26.2 Å². The molecule has 0 aromatic heterocycles. The van der Waals surface area contributed by atoms with Crippen molar-refractivity contribution >= 4 is 0 Å². The molecule has 0 atom stereocenters. The summed E-state index contributed by atoms with van der Waals surface area (Å²) in [6.45, 7) is 4.34. The van der Waals surface area contributed by atoms with Gasteiger partial charge in [0.25, 0.3) is 0 Å². The number of benzene rings is 2. The Hall–Kier alpha value is -1.80. The lowest BCUT2D eigenvalue weighted by Gasteiger charge is -2.34. The van der Waals surface area contributed by atoms with Gasteiger partial charge in [0.05, 0.1) is 0 Å². The molecule has 1 radical (unpaired) electrons. The molecule has 2 fully saturated rings. The summed E-state index contributed by atoms with van der Waals surface area (Å²) in [5.41, 5.74) is 2.45. The van der Waals surface area contributed by atoms with Crippen LogP contribution in [0.3, 0.4) is 0 Å². The van der Waals surface area contributed by atoms with Crippen LogP contribution in [0.5, 0.6) is 5.75 Å². The smallest absolute Gasteiger partial charge is 0.119 e. The summed E-state index contributed by atoms with van der Waals surface area (Å²) >= 11 is 0. The van der Waals surface area contributed by atoms with E-state index in [9.17, 15) is 0 Å². The highest BCUT2D eigenvalue weighted by molar-refractivity contribution is 5.63. The third kappa shape index (κ3) is 5.61. The second-order valence-corrected chi connectivity index (χ2v) is 8.69. The van der Waals surface area contributed by atoms with Crippen LogP contribution in [0.15, 0.2) is 48.5 Å². The number of nitrogens with zero attached hydrogens (tertiary/aromatic N) is 1. The normalized spacial score (nSPS) is 19.6. The molecule has 2 nitrogen and oxygen atoms in total. The van der Waals surface area contributed by atoms with E-state index in [1.165, 1.54) is 75.6 Å². The van der Waals surface area contributed by atoms with Gasteiger partial charge in [0.1, 0.15) is 12.4 Å². The van der Waals surface area contributed by atoms with E-state index in [0.29, 0.717) is 0 Å². The second kappa shape index (κ2) is 10.1. The van der Waals surface area contributed by atoms with Crippen molar-refractivity contribution in [1.82, 2.24) is 4.90 Å². The Labute approximate surface area is 170 Å². The molecule has 1 heterocycles. The van der Waals surface area contributed by atoms with Crippen LogP contribution in [0, 0.1) is 17.9 Å². The SMILES string of the molecule is [c]1ccc(-c2ccc(OCCN3CCC(CC4CCCCC4)CC3)cc2)cc1. The Bertz CT molecular complexity index is 682. The van der Waals surface area contributed by atoms with Crippen LogP contribution in [0.25, 0.3) is 11.1 Å². The van der Waals surface area contributed by atoms with Gasteiger partial charge in [0.2, 0.25) is 0 Å². The highest BCUT2D eigenvalue weighted by Gasteiger charge is 2.23. The summed E-state index contributed by atoms with van der Waals surface area (Å²) in [6, 6.07) is 19.6. The Balaban J connectivity index is 1.15. The quantitative estimate of drug-likeness (QED) is 0.569. The molecule has 0 amide bonds. The fourth-order valence-corrected chi connectivity index (χ4v) is 4.96. The van der Waals surface area contributed by atoms with E-state index in [1.807, 2.05) is 12.1 Å². The summed E-state index contributed by atoms with van der Waals surface area (Å²) in [5.74, 6) is 2.98. The Morgan fingerprint density at radius 2 is 1.43 bits per heavy atom. The molecule has 2 heteroatoms. The van der Waals surface area contributed by atoms with Gasteiger partial charge in [-0.05, 0) is 73.5 Å². The number of ether oxygens (including phenoxy) is 1. The van der Waals surface area contributed by atoms with Gasteiger partial charge in [0.15, 0.2) is 0 Å². The van der Waals surface area contributed by atoms with E-state index in [4.69, 9.17) is 4.74 Å². The van der Waals surface area contributed by atoms with Gasteiger partial charge in [-0.25, -0.2) is 0 Å². The Kier molecular flexibility index (Phi) is 7.05. The van der Waals surface area contributed by atoms with Gasteiger partial charge in [-0.15, -0.1) is 0 Å². The van der Waals surface area contributed by atoms with Crippen LogP contribution in [0.1, 0.15) is 51.4 Å². The van der Waals surface area contributed by atoms with E-state index in [2.05, 4.69) is 47.4 Å². The van der Waals surface area contributed by atoms with Crippen LogP contribution in [0.4, 0.5) is 0 Å². The molecule has 1 aliphatic carbocycles. The molecule has 0 spiro atoms. The van der Waals surface area contributed by atoms with Crippen molar-refractivity contribution in [3.05, 3.63) is 54.6 Å². The first-order valence-electron chi connectivity index (χ1n) is 11.3. The van der Waals surface area contributed by atoms with E-state index in [1.54, 1.807) is 0 Å². The van der Waals surface area contributed by atoms with Crippen molar-refractivity contribution in [3.63, 3.8) is 0 Å². The van der Waals surface area contributed by atoms with Crippen LogP contribution < -0.4 is 4.74 Å². The fourth-order valence-electron chi connectivity index (χ4n) is 4.96. The zero-order valence-electron chi connectivity index (χ0n) is 17.1. The molecule has 149 valence electrons. The van der Waals surface area contributed by atoms with E-state index < -0.39 is 0 Å². The zero-order chi connectivity index (χ0) is 19.0. The van der Waals surface area contributed by atoms with E-state index in [-0.39, 0.29) is 0 Å². The lowest BCUT2D eigenvalue weighted by atomic mass is 9.80. The average Bonchev–Trinajstić information content (AvgIpc) is 2.77. The minimum atomic E-state index is 0.785. The van der Waals surface area contributed by atoms with Gasteiger partial charge in [-0.3, -0.25) is 4.90 Å². The second-order valence-electron chi connectivity index (χ2n) is 8.69. The zero-order valence-corrected chi connectivity index (χ0v) is 17.1. The van der Waals surface area contributed by atoms with Gasteiger partial charge in [-0.1, -0.05) is 68.5 Å². The molecule has 1 saturated heterocycles. The largest absolute Gasteiger partial charge is 0.492 e. The first kappa shape index (κ1) is 19.5. The molecule has 0 unspecified atom stereocenters. The van der Waals surface area contributed by atoms with Gasteiger partial charge in [-0.2, -0.15) is 0 Å². The van der Waals surface area contributed by atoms with Crippen molar-refractivity contribution in [2.24, 2.45) is 11.8 Å². The highest BCUT2D eigenvalue weighted by atomic mass is 16.5. The third-order valence-electron chi connectivity index (χ3n) is 6.68. The number of hydrogen-bond donors (Lipinski definition) is 0. The van der Waals surface area contributed by atoms with Crippen LogP contribution >= 0.6 is 0 Å². The fraction of sp³-hybridized carbons (Fsp3) is 0.538. The summed E-state index contributed by atoms with van der Waals surface area (Å²) in [6.07, 6.45) is 11.7. The van der Waals surface area contributed by atoms with Crippen LogP contribution in [-0.4, -0.2) is 31.1 Å². The average molecular weight is 377 g/mol. The molecule has 2 aromatic carbocycles. The van der Waals surface area contributed by atoms with Gasteiger partial charge in [0, 0.05) is 6.54 Å². The molecule has 0 N–H and O–H groups in total. The van der Waals surface area contributed by atoms with E-state index in [0.717, 1.165) is 30.7 Å². The van der Waals surface area contributed by atoms with Crippen molar-refractivity contribution in [3.8, 4) is 16.9 Å². The molecule has 4 rings (SSSR count). The maximum atomic E-state index is 6.00. The van der Waals surface area contributed by atoms with Crippen molar-refractivity contribution in [2.45, 2.75) is 51.4 Å². The molecule has 1 aliphatic heterocycles. The first-order chi connectivity index (χ1) is 13.9. The third-order valence-corrected chi connectivity index (χ3v) is 6.68. The minimum absolute atomic E-state index is 0.785. The number of rotatable bonds is 7. The topological polar surface area (TPSA) is 12.5 Å². The van der Waals surface area contributed by atoms with Crippen molar-refractivity contribution < 1.29 is 4.74 Å². The molecular formula is C26H34NO. The molecule has 28 heavy (non-hydrogen) atoms. The molecule has 2 aliphatic rings. The van der Waals surface area contributed by atoms with Crippen molar-refractivity contribution in [1.29, 1.82) is 0 Å². The maximum absolute atomic E-state index is 6.00. The predicted molar refractivity (Wildman–Crippen MR) is 117 cm³/mol. The number of piperidine rings is 1. The van der Waals surface area contributed by atoms with Crippen LogP contribution in [0.2, 0.25) is 0 Å². The first-order valence-corrected chi connectivity index (χ1v) is 11.3. The number of hydrogen-bond acceptors (Lipinski definition) is 2. The van der Waals surface area contributed by atoms with Gasteiger partial charge >= 0.3 is 0 Å².